The molecule has 4 aromatic rings. The number of benzene rings is 2. The molecule has 0 unspecified atom stereocenters. The molecule has 5 rings (SSSR count). The second-order valence-corrected chi connectivity index (χ2v) is 11.3. The van der Waals surface area contributed by atoms with E-state index in [1.54, 1.807) is 23.8 Å². The van der Waals surface area contributed by atoms with Gasteiger partial charge in [-0.25, -0.2) is 17.9 Å². The van der Waals surface area contributed by atoms with Gasteiger partial charge < -0.3 is 10.2 Å². The van der Waals surface area contributed by atoms with E-state index in [9.17, 15) is 21.6 Å². The first kappa shape index (κ1) is 25.2. The van der Waals surface area contributed by atoms with Crippen molar-refractivity contribution in [1.29, 1.82) is 0 Å². The zero-order valence-corrected chi connectivity index (χ0v) is 21.3. The summed E-state index contributed by atoms with van der Waals surface area (Å²) >= 11 is 0. The zero-order valence-electron chi connectivity index (χ0n) is 20.5. The molecule has 2 atom stereocenters. The Kier molecular flexibility index (Phi) is 6.23. The molecule has 0 spiro atoms. The third kappa shape index (κ3) is 4.46. The Morgan fingerprint density at radius 3 is 2.27 bits per heavy atom. The van der Waals surface area contributed by atoms with E-state index in [2.05, 4.69) is 46.3 Å². The largest absolute Gasteiger partial charge is 0.501 e. The maximum Gasteiger partial charge on any atom is 0.501 e. The Hall–Kier alpha value is -3.44. The van der Waals surface area contributed by atoms with Crippen LogP contribution < -0.4 is 10.2 Å². The molecule has 1 saturated heterocycles. The number of hydrogen-bond acceptors (Lipinski definition) is 6. The Balaban J connectivity index is 1.48. The predicted molar refractivity (Wildman–Crippen MR) is 136 cm³/mol. The van der Waals surface area contributed by atoms with Gasteiger partial charge in [0.25, 0.3) is 9.84 Å². The minimum atomic E-state index is -5.48. The minimum absolute atomic E-state index is 0.323. The number of hydrogen-bond donors (Lipinski definition) is 1. The van der Waals surface area contributed by atoms with E-state index >= 15 is 0 Å². The van der Waals surface area contributed by atoms with Crippen LogP contribution in [0.1, 0.15) is 19.4 Å². The number of alkyl halides is 3. The first-order chi connectivity index (χ1) is 17.5. The van der Waals surface area contributed by atoms with Gasteiger partial charge in [-0.05, 0) is 61.7 Å². The first-order valence-corrected chi connectivity index (χ1v) is 13.3. The van der Waals surface area contributed by atoms with E-state index in [0.717, 1.165) is 42.0 Å². The molecule has 1 N–H and O–H groups in total. The minimum Gasteiger partial charge on any atom is -0.364 e. The number of rotatable bonds is 4. The van der Waals surface area contributed by atoms with E-state index in [1.165, 1.54) is 12.3 Å². The number of nitrogens with zero attached hydrogens (tertiary/aromatic N) is 4. The van der Waals surface area contributed by atoms with Crippen LogP contribution in [-0.4, -0.2) is 53.7 Å². The van der Waals surface area contributed by atoms with E-state index in [1.807, 2.05) is 12.1 Å². The molecule has 0 aliphatic carbocycles. The van der Waals surface area contributed by atoms with Crippen LogP contribution in [0.2, 0.25) is 0 Å². The lowest BCUT2D eigenvalue weighted by atomic mass is 10.0. The molecule has 0 bridgehead atoms. The number of nitrogens with one attached hydrogen (secondary N) is 1. The molecular formula is C26H26F3N5O2S. The van der Waals surface area contributed by atoms with E-state index in [0.29, 0.717) is 34.4 Å². The number of aromatic nitrogens is 3. The van der Waals surface area contributed by atoms with Gasteiger partial charge in [0.2, 0.25) is 0 Å². The van der Waals surface area contributed by atoms with Crippen molar-refractivity contribution in [3.8, 4) is 22.3 Å². The summed E-state index contributed by atoms with van der Waals surface area (Å²) in [6.07, 6.45) is 4.95. The SMILES string of the molecule is Cc1ccc(S(=O)(=O)C(F)(F)F)cc1-c1cnn2cc(-c3ccc(N4[C@H](C)CNC[C@@H]4C)cc3)cnc12. The second kappa shape index (κ2) is 9.14. The highest BCUT2D eigenvalue weighted by molar-refractivity contribution is 7.92. The predicted octanol–water partition coefficient (Wildman–Crippen LogP) is 4.85. The standard InChI is InChI=1S/C26H26F3N5O2S/c1-16-4-9-22(37(35,36)26(27,28)29)10-23(16)24-14-32-33-15-20(13-31-25(24)33)19-5-7-21(8-6-19)34-17(2)11-30-12-18(34)3/h4-10,13-15,17-18,30H,11-12H2,1-3H3/t17-,18+. The maximum atomic E-state index is 13.1. The fourth-order valence-corrected chi connectivity index (χ4v) is 5.66. The van der Waals surface area contributed by atoms with Gasteiger partial charge in [-0.1, -0.05) is 18.2 Å². The molecule has 2 aromatic heterocycles. The molecule has 194 valence electrons. The van der Waals surface area contributed by atoms with Crippen LogP contribution >= 0.6 is 0 Å². The van der Waals surface area contributed by atoms with Crippen molar-refractivity contribution in [3.05, 3.63) is 66.6 Å². The molecule has 7 nitrogen and oxygen atoms in total. The Bertz CT molecular complexity index is 1560. The van der Waals surface area contributed by atoms with Gasteiger partial charge in [0.05, 0.1) is 11.1 Å². The van der Waals surface area contributed by atoms with Gasteiger partial charge >= 0.3 is 5.51 Å². The molecule has 1 aliphatic rings. The summed E-state index contributed by atoms with van der Waals surface area (Å²) in [6.45, 7) is 7.94. The van der Waals surface area contributed by atoms with Crippen LogP contribution in [0.15, 0.2) is 66.0 Å². The van der Waals surface area contributed by atoms with Gasteiger partial charge in [-0.3, -0.25) is 0 Å². The molecule has 2 aromatic carbocycles. The van der Waals surface area contributed by atoms with Crippen LogP contribution in [0.25, 0.3) is 27.9 Å². The summed E-state index contributed by atoms with van der Waals surface area (Å²) < 4.78 is 64.7. The van der Waals surface area contributed by atoms with Crippen LogP contribution in [0, 0.1) is 6.92 Å². The van der Waals surface area contributed by atoms with Crippen LogP contribution in [-0.2, 0) is 9.84 Å². The van der Waals surface area contributed by atoms with Crippen LogP contribution in [0.5, 0.6) is 0 Å². The first-order valence-electron chi connectivity index (χ1n) is 11.8. The fraction of sp³-hybridized carbons (Fsp3) is 0.308. The van der Waals surface area contributed by atoms with Crippen LogP contribution in [0.3, 0.4) is 0 Å². The summed E-state index contributed by atoms with van der Waals surface area (Å²) in [5.74, 6) is 0. The molecule has 11 heteroatoms. The average molecular weight is 530 g/mol. The molecule has 37 heavy (non-hydrogen) atoms. The molecule has 0 saturated carbocycles. The number of aryl methyl sites for hydroxylation is 1. The fourth-order valence-electron chi connectivity index (χ4n) is 4.87. The lowest BCUT2D eigenvalue weighted by molar-refractivity contribution is -0.0436. The van der Waals surface area contributed by atoms with E-state index in [4.69, 9.17) is 0 Å². The van der Waals surface area contributed by atoms with E-state index in [-0.39, 0.29) is 0 Å². The normalized spacial score (nSPS) is 18.9. The molecule has 1 fully saturated rings. The molecule has 3 heterocycles. The number of halogens is 3. The third-order valence-corrected chi connectivity index (χ3v) is 8.28. The summed E-state index contributed by atoms with van der Waals surface area (Å²) in [5, 5.41) is 7.77. The summed E-state index contributed by atoms with van der Waals surface area (Å²) in [7, 11) is -5.48. The number of fused-ring (bicyclic) bond motifs is 1. The summed E-state index contributed by atoms with van der Waals surface area (Å²) in [5.41, 5.74) is -0.693. The molecule has 0 amide bonds. The third-order valence-electron chi connectivity index (χ3n) is 6.80. The van der Waals surface area contributed by atoms with Crippen molar-refractivity contribution in [2.75, 3.05) is 18.0 Å². The van der Waals surface area contributed by atoms with E-state index < -0.39 is 20.2 Å². The topological polar surface area (TPSA) is 79.6 Å². The van der Waals surface area contributed by atoms with Crippen molar-refractivity contribution >= 4 is 21.2 Å². The number of piperazine rings is 1. The summed E-state index contributed by atoms with van der Waals surface area (Å²) in [6, 6.07) is 12.3. The zero-order chi connectivity index (χ0) is 26.5. The van der Waals surface area contributed by atoms with Gasteiger partial charge in [0.1, 0.15) is 0 Å². The second-order valence-electron chi connectivity index (χ2n) is 9.41. The highest BCUT2D eigenvalue weighted by Gasteiger charge is 2.47. The van der Waals surface area contributed by atoms with Crippen molar-refractivity contribution in [1.82, 2.24) is 19.9 Å². The van der Waals surface area contributed by atoms with Crippen LogP contribution in [0.4, 0.5) is 18.9 Å². The summed E-state index contributed by atoms with van der Waals surface area (Å²) in [4.78, 5) is 6.11. The van der Waals surface area contributed by atoms with Gasteiger partial charge in [-0.15, -0.1) is 0 Å². The Morgan fingerprint density at radius 2 is 1.62 bits per heavy atom. The Labute approximate surface area is 212 Å². The highest BCUT2D eigenvalue weighted by atomic mass is 32.2. The smallest absolute Gasteiger partial charge is 0.364 e. The van der Waals surface area contributed by atoms with Gasteiger partial charge in [0, 0.05) is 54.4 Å². The highest BCUT2D eigenvalue weighted by Crippen LogP contribution is 2.35. The lowest BCUT2D eigenvalue weighted by Crippen LogP contribution is -2.55. The average Bonchev–Trinajstić information content (AvgIpc) is 3.27. The van der Waals surface area contributed by atoms with Crippen molar-refractivity contribution in [3.63, 3.8) is 0 Å². The number of sulfone groups is 1. The monoisotopic (exact) mass is 529 g/mol. The van der Waals surface area contributed by atoms with Gasteiger partial charge in [0.15, 0.2) is 5.65 Å². The maximum absolute atomic E-state index is 13.1. The molecule has 0 radical (unpaired) electrons. The Morgan fingerprint density at radius 1 is 0.946 bits per heavy atom. The van der Waals surface area contributed by atoms with Crippen molar-refractivity contribution in [2.24, 2.45) is 0 Å². The van der Waals surface area contributed by atoms with Crippen molar-refractivity contribution < 1.29 is 21.6 Å². The van der Waals surface area contributed by atoms with Crippen molar-refractivity contribution in [2.45, 2.75) is 43.3 Å². The number of anilines is 1. The molecular weight excluding hydrogens is 503 g/mol. The van der Waals surface area contributed by atoms with Gasteiger partial charge in [-0.2, -0.15) is 18.3 Å². The lowest BCUT2D eigenvalue weighted by Gasteiger charge is -2.41. The quantitative estimate of drug-likeness (QED) is 0.407. The molecule has 1 aliphatic heterocycles.